The molecule has 0 spiro atoms. The van der Waals surface area contributed by atoms with Crippen molar-refractivity contribution in [2.75, 3.05) is 20.2 Å². The van der Waals surface area contributed by atoms with Crippen LogP contribution >= 0.6 is 0 Å². The molecule has 158 valence electrons. The fraction of sp³-hybridized carbons (Fsp3) is 0.348. The number of carbonyl (C=O) groups is 3. The normalized spacial score (nSPS) is 14.7. The molecule has 1 atom stereocenters. The summed E-state index contributed by atoms with van der Waals surface area (Å²) in [5.41, 5.74) is 1.67. The second-order valence-electron chi connectivity index (χ2n) is 7.20. The maximum absolute atomic E-state index is 12.9. The molecule has 1 heterocycles. The zero-order valence-corrected chi connectivity index (χ0v) is 17.1. The smallest absolute Gasteiger partial charge is 0.247 e. The highest BCUT2D eigenvalue weighted by Gasteiger charge is 2.32. The van der Waals surface area contributed by atoms with Crippen LogP contribution in [0.25, 0.3) is 0 Å². The third-order valence-electron chi connectivity index (χ3n) is 5.11. The molecule has 1 aliphatic heterocycles. The number of benzene rings is 2. The predicted molar refractivity (Wildman–Crippen MR) is 113 cm³/mol. The maximum atomic E-state index is 12.9. The first-order chi connectivity index (χ1) is 14.6. The Kier molecular flexibility index (Phi) is 7.43. The Morgan fingerprint density at radius 2 is 1.77 bits per heavy atom. The quantitative estimate of drug-likeness (QED) is 0.700. The van der Waals surface area contributed by atoms with E-state index in [4.69, 9.17) is 4.74 Å². The van der Waals surface area contributed by atoms with E-state index >= 15 is 0 Å². The van der Waals surface area contributed by atoms with E-state index in [1.165, 1.54) is 0 Å². The number of hydrogen-bond acceptors (Lipinski definition) is 4. The second kappa shape index (κ2) is 10.4. The van der Waals surface area contributed by atoms with Gasteiger partial charge in [0.2, 0.25) is 17.7 Å². The SMILES string of the molecule is COc1ccc(CNC(=O)CNC(=O)C(c2ccccc2)N2CCCCC2=O)cc1. The largest absolute Gasteiger partial charge is 0.497 e. The Bertz CT molecular complexity index is 868. The zero-order valence-electron chi connectivity index (χ0n) is 17.1. The first kappa shape index (κ1) is 21.4. The fourth-order valence-corrected chi connectivity index (χ4v) is 3.48. The molecule has 2 N–H and O–H groups in total. The molecule has 0 bridgehead atoms. The number of carbonyl (C=O) groups excluding carboxylic acids is 3. The molecule has 1 fully saturated rings. The van der Waals surface area contributed by atoms with Crippen molar-refractivity contribution in [2.45, 2.75) is 31.8 Å². The third kappa shape index (κ3) is 5.59. The Labute approximate surface area is 176 Å². The molecule has 0 aromatic heterocycles. The van der Waals surface area contributed by atoms with Crippen molar-refractivity contribution in [1.82, 2.24) is 15.5 Å². The van der Waals surface area contributed by atoms with Crippen LogP contribution in [0.1, 0.15) is 36.4 Å². The van der Waals surface area contributed by atoms with Gasteiger partial charge in [-0.2, -0.15) is 0 Å². The average Bonchev–Trinajstić information content (AvgIpc) is 2.79. The van der Waals surface area contributed by atoms with Crippen LogP contribution in [-0.4, -0.2) is 42.8 Å². The second-order valence-corrected chi connectivity index (χ2v) is 7.20. The van der Waals surface area contributed by atoms with E-state index in [2.05, 4.69) is 10.6 Å². The molecule has 0 radical (unpaired) electrons. The van der Waals surface area contributed by atoms with Gasteiger partial charge in [0.05, 0.1) is 13.7 Å². The summed E-state index contributed by atoms with van der Waals surface area (Å²) in [6.07, 6.45) is 2.15. The summed E-state index contributed by atoms with van der Waals surface area (Å²) in [4.78, 5) is 39.2. The zero-order chi connectivity index (χ0) is 21.3. The molecule has 7 heteroatoms. The van der Waals surface area contributed by atoms with Crippen molar-refractivity contribution < 1.29 is 19.1 Å². The summed E-state index contributed by atoms with van der Waals surface area (Å²) >= 11 is 0. The molecular weight excluding hydrogens is 382 g/mol. The standard InChI is InChI=1S/C23H27N3O4/c1-30-19-12-10-17(11-13-19)15-24-20(27)16-25-23(29)22(18-7-3-2-4-8-18)26-14-6-5-9-21(26)28/h2-4,7-8,10-13,22H,5-6,9,14-16H2,1H3,(H,24,27)(H,25,29). The molecule has 2 aromatic rings. The first-order valence-electron chi connectivity index (χ1n) is 10.1. The van der Waals surface area contributed by atoms with Gasteiger partial charge in [0.25, 0.3) is 0 Å². The average molecular weight is 409 g/mol. The number of rotatable bonds is 8. The summed E-state index contributed by atoms with van der Waals surface area (Å²) in [5.74, 6) is 0.0674. The van der Waals surface area contributed by atoms with Crippen molar-refractivity contribution in [2.24, 2.45) is 0 Å². The van der Waals surface area contributed by atoms with Crippen molar-refractivity contribution in [3.8, 4) is 5.75 Å². The van der Waals surface area contributed by atoms with Crippen molar-refractivity contribution >= 4 is 17.7 Å². The molecule has 30 heavy (non-hydrogen) atoms. The Hall–Kier alpha value is -3.35. The van der Waals surface area contributed by atoms with Gasteiger partial charge in [-0.05, 0) is 36.1 Å². The first-order valence-corrected chi connectivity index (χ1v) is 10.1. The van der Waals surface area contributed by atoms with Gasteiger partial charge in [-0.3, -0.25) is 14.4 Å². The molecule has 3 amide bonds. The van der Waals surface area contributed by atoms with E-state index in [1.807, 2.05) is 54.6 Å². The van der Waals surface area contributed by atoms with Crippen LogP contribution in [-0.2, 0) is 20.9 Å². The maximum Gasteiger partial charge on any atom is 0.247 e. The topological polar surface area (TPSA) is 87.7 Å². The van der Waals surface area contributed by atoms with Gasteiger partial charge in [-0.1, -0.05) is 42.5 Å². The molecular formula is C23H27N3O4. The molecule has 7 nitrogen and oxygen atoms in total. The summed E-state index contributed by atoms with van der Waals surface area (Å²) in [6.45, 7) is 0.737. The van der Waals surface area contributed by atoms with E-state index in [0.717, 1.165) is 29.7 Å². The summed E-state index contributed by atoms with van der Waals surface area (Å²) < 4.78 is 5.11. The monoisotopic (exact) mass is 409 g/mol. The molecule has 0 aliphatic carbocycles. The van der Waals surface area contributed by atoms with Crippen LogP contribution in [0.15, 0.2) is 54.6 Å². The lowest BCUT2D eigenvalue weighted by Crippen LogP contribution is -2.47. The number of nitrogens with zero attached hydrogens (tertiary/aromatic N) is 1. The van der Waals surface area contributed by atoms with Crippen LogP contribution in [0.4, 0.5) is 0 Å². The number of hydrogen-bond donors (Lipinski definition) is 2. The molecule has 3 rings (SSSR count). The summed E-state index contributed by atoms with van der Waals surface area (Å²) in [7, 11) is 1.60. The van der Waals surface area contributed by atoms with Crippen molar-refractivity contribution in [1.29, 1.82) is 0 Å². The number of likely N-dealkylation sites (tertiary alicyclic amines) is 1. The van der Waals surface area contributed by atoms with Crippen molar-refractivity contribution in [3.05, 3.63) is 65.7 Å². The van der Waals surface area contributed by atoms with Crippen LogP contribution in [0, 0.1) is 0 Å². The predicted octanol–water partition coefficient (Wildman–Crippen LogP) is 2.18. The number of nitrogens with one attached hydrogen (secondary N) is 2. The number of ether oxygens (including phenoxy) is 1. The molecule has 2 aromatic carbocycles. The van der Waals surface area contributed by atoms with E-state index in [1.54, 1.807) is 12.0 Å². The number of amides is 3. The van der Waals surface area contributed by atoms with E-state index < -0.39 is 6.04 Å². The minimum atomic E-state index is -0.728. The summed E-state index contributed by atoms with van der Waals surface area (Å²) in [6, 6.07) is 15.8. The Morgan fingerprint density at radius 3 is 2.43 bits per heavy atom. The van der Waals surface area contributed by atoms with Gasteiger partial charge < -0.3 is 20.3 Å². The minimum absolute atomic E-state index is 0.0331. The van der Waals surface area contributed by atoms with Gasteiger partial charge >= 0.3 is 0 Å². The van der Waals surface area contributed by atoms with Gasteiger partial charge in [-0.25, -0.2) is 0 Å². The summed E-state index contributed by atoms with van der Waals surface area (Å²) in [5, 5.41) is 5.47. The highest BCUT2D eigenvalue weighted by Crippen LogP contribution is 2.25. The Balaban J connectivity index is 1.58. The van der Waals surface area contributed by atoms with Gasteiger partial charge in [-0.15, -0.1) is 0 Å². The fourth-order valence-electron chi connectivity index (χ4n) is 3.48. The number of piperidine rings is 1. The molecule has 1 aliphatic rings. The van der Waals surface area contributed by atoms with Crippen LogP contribution in [0.3, 0.4) is 0 Å². The van der Waals surface area contributed by atoms with Crippen LogP contribution in [0.2, 0.25) is 0 Å². The molecule has 1 unspecified atom stereocenters. The number of methoxy groups -OCH3 is 1. The van der Waals surface area contributed by atoms with E-state index in [9.17, 15) is 14.4 Å². The van der Waals surface area contributed by atoms with Gasteiger partial charge in [0.1, 0.15) is 11.8 Å². The van der Waals surface area contributed by atoms with Gasteiger partial charge in [0, 0.05) is 19.5 Å². The molecule has 0 saturated carbocycles. The van der Waals surface area contributed by atoms with E-state index in [-0.39, 0.29) is 24.3 Å². The highest BCUT2D eigenvalue weighted by atomic mass is 16.5. The Morgan fingerprint density at radius 1 is 1.03 bits per heavy atom. The van der Waals surface area contributed by atoms with Crippen molar-refractivity contribution in [3.63, 3.8) is 0 Å². The lowest BCUT2D eigenvalue weighted by atomic mass is 10.0. The lowest BCUT2D eigenvalue weighted by molar-refractivity contribution is -0.143. The minimum Gasteiger partial charge on any atom is -0.497 e. The molecule has 1 saturated heterocycles. The van der Waals surface area contributed by atoms with Crippen LogP contribution in [0.5, 0.6) is 5.75 Å². The van der Waals surface area contributed by atoms with Crippen LogP contribution < -0.4 is 15.4 Å². The van der Waals surface area contributed by atoms with Gasteiger partial charge in [0.15, 0.2) is 0 Å². The van der Waals surface area contributed by atoms with E-state index in [0.29, 0.717) is 19.5 Å². The lowest BCUT2D eigenvalue weighted by Gasteiger charge is -2.34. The third-order valence-corrected chi connectivity index (χ3v) is 5.11. The highest BCUT2D eigenvalue weighted by molar-refractivity contribution is 5.91.